The third-order valence-electron chi connectivity index (χ3n) is 3.73. The van der Waals surface area contributed by atoms with E-state index in [1.165, 1.54) is 22.5 Å². The fourth-order valence-corrected chi connectivity index (χ4v) is 3.25. The fraction of sp³-hybridized carbons (Fsp3) is 0.438. The van der Waals surface area contributed by atoms with E-state index in [1.807, 2.05) is 12.1 Å². The van der Waals surface area contributed by atoms with Gasteiger partial charge in [-0.25, -0.2) is 0 Å². The summed E-state index contributed by atoms with van der Waals surface area (Å²) in [5.74, 6) is -0.0858. The van der Waals surface area contributed by atoms with Crippen LogP contribution in [0, 0.1) is 6.92 Å². The highest BCUT2D eigenvalue weighted by Gasteiger charge is 2.18. The van der Waals surface area contributed by atoms with Crippen LogP contribution in [0.5, 0.6) is 0 Å². The third kappa shape index (κ3) is 4.57. The Labute approximate surface area is 139 Å². The number of rotatable bonds is 5. The topological polar surface area (TPSA) is 76.1 Å². The lowest BCUT2D eigenvalue weighted by Gasteiger charge is -2.22. The number of amides is 1. The van der Waals surface area contributed by atoms with Crippen molar-refractivity contribution in [1.82, 2.24) is 15.5 Å². The van der Waals surface area contributed by atoms with E-state index in [0.717, 1.165) is 18.0 Å². The Morgan fingerprint density at radius 2 is 2.30 bits per heavy atom. The summed E-state index contributed by atoms with van der Waals surface area (Å²) >= 11 is 1.42. The number of carbonyl (C=O) groups is 1. The molecule has 1 fully saturated rings. The molecule has 23 heavy (non-hydrogen) atoms. The first-order valence-corrected chi connectivity index (χ1v) is 8.51. The van der Waals surface area contributed by atoms with E-state index in [0.29, 0.717) is 24.7 Å². The number of nitrogens with one attached hydrogen (secondary N) is 2. The average Bonchev–Trinajstić information content (AvgIpc) is 2.97. The van der Waals surface area contributed by atoms with Crippen molar-refractivity contribution in [3.8, 4) is 0 Å². The molecular weight excluding hydrogens is 312 g/mol. The first-order chi connectivity index (χ1) is 11.2. The van der Waals surface area contributed by atoms with Gasteiger partial charge in [0.2, 0.25) is 11.0 Å². The number of hydrogen-bond acceptors (Lipinski definition) is 6. The predicted octanol–water partition coefficient (Wildman–Crippen LogP) is 1.75. The van der Waals surface area contributed by atoms with Gasteiger partial charge in [-0.1, -0.05) is 35.6 Å². The highest BCUT2D eigenvalue weighted by atomic mass is 32.1. The van der Waals surface area contributed by atoms with Gasteiger partial charge >= 0.3 is 0 Å². The molecule has 1 saturated heterocycles. The molecule has 1 atom stereocenters. The number of morpholine rings is 1. The van der Waals surface area contributed by atoms with E-state index in [9.17, 15) is 4.79 Å². The molecule has 1 aromatic heterocycles. The highest BCUT2D eigenvalue weighted by Crippen LogP contribution is 2.20. The number of ether oxygens (including phenoxy) is 1. The van der Waals surface area contributed by atoms with Crippen LogP contribution >= 0.6 is 11.3 Å². The number of aromatic nitrogens is 2. The van der Waals surface area contributed by atoms with Crippen molar-refractivity contribution in [3.63, 3.8) is 0 Å². The highest BCUT2D eigenvalue weighted by molar-refractivity contribution is 7.15. The summed E-state index contributed by atoms with van der Waals surface area (Å²) < 4.78 is 5.53. The minimum Gasteiger partial charge on any atom is -0.375 e. The average molecular weight is 332 g/mol. The van der Waals surface area contributed by atoms with Gasteiger partial charge in [-0.2, -0.15) is 0 Å². The second kappa shape index (κ2) is 7.63. The minimum atomic E-state index is -0.0858. The molecule has 1 aromatic carbocycles. The molecule has 2 heterocycles. The summed E-state index contributed by atoms with van der Waals surface area (Å²) in [7, 11) is 0. The molecule has 0 spiro atoms. The van der Waals surface area contributed by atoms with Gasteiger partial charge in [0.25, 0.3) is 0 Å². The molecule has 0 bridgehead atoms. The number of carbonyl (C=O) groups excluding carboxylic acids is 1. The standard InChI is InChI=1S/C16H20N4O2S/c1-11-4-2-3-5-12(11)8-15-19-20-16(23-15)18-14(21)9-13-10-17-6-7-22-13/h2-5,13,17H,6-10H2,1H3,(H,18,20,21)/t13-/m1/s1. The van der Waals surface area contributed by atoms with Gasteiger partial charge in [-0.05, 0) is 18.1 Å². The van der Waals surface area contributed by atoms with E-state index in [2.05, 4.69) is 39.9 Å². The van der Waals surface area contributed by atoms with Crippen molar-refractivity contribution < 1.29 is 9.53 Å². The number of benzene rings is 1. The molecule has 1 amide bonds. The van der Waals surface area contributed by atoms with Gasteiger partial charge in [-0.15, -0.1) is 10.2 Å². The van der Waals surface area contributed by atoms with Crippen molar-refractivity contribution in [2.24, 2.45) is 0 Å². The second-order valence-electron chi connectivity index (χ2n) is 5.55. The zero-order chi connectivity index (χ0) is 16.1. The number of hydrogen-bond donors (Lipinski definition) is 2. The fourth-order valence-electron chi connectivity index (χ4n) is 2.47. The van der Waals surface area contributed by atoms with Crippen LogP contribution in [0.1, 0.15) is 22.6 Å². The monoisotopic (exact) mass is 332 g/mol. The zero-order valence-corrected chi connectivity index (χ0v) is 13.9. The molecule has 0 aliphatic carbocycles. The Kier molecular flexibility index (Phi) is 5.32. The SMILES string of the molecule is Cc1ccccc1Cc1nnc(NC(=O)C[C@@H]2CNCCO2)s1. The van der Waals surface area contributed by atoms with Crippen LogP contribution in [-0.4, -0.2) is 41.9 Å². The Hall–Kier alpha value is -1.83. The van der Waals surface area contributed by atoms with Gasteiger partial charge in [-0.3, -0.25) is 4.79 Å². The van der Waals surface area contributed by atoms with Crippen LogP contribution in [-0.2, 0) is 16.0 Å². The summed E-state index contributed by atoms with van der Waals surface area (Å²) in [6.45, 7) is 4.29. The summed E-state index contributed by atoms with van der Waals surface area (Å²) in [5, 5.41) is 15.7. The summed E-state index contributed by atoms with van der Waals surface area (Å²) in [6.07, 6.45) is 0.998. The second-order valence-corrected chi connectivity index (χ2v) is 6.62. The lowest BCUT2D eigenvalue weighted by molar-refractivity contribution is -0.119. The summed E-state index contributed by atoms with van der Waals surface area (Å²) in [5.41, 5.74) is 2.46. The molecule has 0 saturated carbocycles. The van der Waals surface area contributed by atoms with Crippen molar-refractivity contribution in [2.45, 2.75) is 25.9 Å². The van der Waals surface area contributed by atoms with Crippen LogP contribution in [0.3, 0.4) is 0 Å². The van der Waals surface area contributed by atoms with Crippen molar-refractivity contribution in [3.05, 3.63) is 40.4 Å². The summed E-state index contributed by atoms with van der Waals surface area (Å²) in [6, 6.07) is 8.21. The minimum absolute atomic E-state index is 0.0666. The smallest absolute Gasteiger partial charge is 0.228 e. The van der Waals surface area contributed by atoms with Crippen LogP contribution < -0.4 is 10.6 Å². The molecule has 0 unspecified atom stereocenters. The van der Waals surface area contributed by atoms with Crippen molar-refractivity contribution in [1.29, 1.82) is 0 Å². The largest absolute Gasteiger partial charge is 0.375 e. The molecule has 1 aliphatic heterocycles. The molecule has 1 aliphatic rings. The van der Waals surface area contributed by atoms with E-state index in [4.69, 9.17) is 4.74 Å². The van der Waals surface area contributed by atoms with Crippen LogP contribution in [0.15, 0.2) is 24.3 Å². The zero-order valence-electron chi connectivity index (χ0n) is 13.0. The lowest BCUT2D eigenvalue weighted by Crippen LogP contribution is -2.40. The summed E-state index contributed by atoms with van der Waals surface area (Å²) in [4.78, 5) is 12.0. The molecular formula is C16H20N4O2S. The van der Waals surface area contributed by atoms with Crippen LogP contribution in [0.25, 0.3) is 0 Å². The van der Waals surface area contributed by atoms with E-state index in [1.54, 1.807) is 0 Å². The number of aryl methyl sites for hydroxylation is 1. The molecule has 3 rings (SSSR count). The van der Waals surface area contributed by atoms with Crippen molar-refractivity contribution in [2.75, 3.05) is 25.0 Å². The normalized spacial score (nSPS) is 17.9. The molecule has 0 radical (unpaired) electrons. The third-order valence-corrected chi connectivity index (χ3v) is 4.57. The first-order valence-electron chi connectivity index (χ1n) is 7.70. The van der Waals surface area contributed by atoms with Gasteiger partial charge in [0.15, 0.2) is 0 Å². The Morgan fingerprint density at radius 3 is 3.09 bits per heavy atom. The van der Waals surface area contributed by atoms with Gasteiger partial charge in [0, 0.05) is 19.5 Å². The first kappa shape index (κ1) is 16.0. The Morgan fingerprint density at radius 1 is 1.43 bits per heavy atom. The predicted molar refractivity (Wildman–Crippen MR) is 89.8 cm³/mol. The number of nitrogens with zero attached hydrogens (tertiary/aromatic N) is 2. The van der Waals surface area contributed by atoms with E-state index >= 15 is 0 Å². The van der Waals surface area contributed by atoms with Crippen LogP contribution in [0.4, 0.5) is 5.13 Å². The maximum Gasteiger partial charge on any atom is 0.228 e. The maximum atomic E-state index is 12.0. The van der Waals surface area contributed by atoms with Gasteiger partial charge in [0.05, 0.1) is 19.1 Å². The van der Waals surface area contributed by atoms with E-state index < -0.39 is 0 Å². The van der Waals surface area contributed by atoms with Gasteiger partial charge in [0.1, 0.15) is 5.01 Å². The van der Waals surface area contributed by atoms with Crippen molar-refractivity contribution >= 4 is 22.4 Å². The Bertz CT molecular complexity index is 668. The quantitative estimate of drug-likeness (QED) is 0.872. The molecule has 6 nitrogen and oxygen atoms in total. The molecule has 2 aromatic rings. The van der Waals surface area contributed by atoms with Gasteiger partial charge < -0.3 is 15.4 Å². The molecule has 2 N–H and O–H groups in total. The van der Waals surface area contributed by atoms with Crippen LogP contribution in [0.2, 0.25) is 0 Å². The number of anilines is 1. The molecule has 122 valence electrons. The lowest BCUT2D eigenvalue weighted by atomic mass is 10.1. The molecule has 7 heteroatoms. The Balaban J connectivity index is 1.54. The maximum absolute atomic E-state index is 12.0. The van der Waals surface area contributed by atoms with E-state index in [-0.39, 0.29) is 12.0 Å².